The topological polar surface area (TPSA) is 20.2 Å². The predicted octanol–water partition coefficient (Wildman–Crippen LogP) is 2.90. The number of hydrogen-bond acceptors (Lipinski definition) is 1. The minimum absolute atomic E-state index is 0.0880. The van der Waals surface area contributed by atoms with Gasteiger partial charge in [0.15, 0.2) is 0 Å². The summed E-state index contributed by atoms with van der Waals surface area (Å²) in [4.78, 5) is 0. The first-order valence-corrected chi connectivity index (χ1v) is 5.00. The fourth-order valence-electron chi connectivity index (χ4n) is 1.55. The Bertz CT molecular complexity index is 403. The number of rotatable bonds is 3. The van der Waals surface area contributed by atoms with Crippen LogP contribution < -0.4 is 0 Å². The van der Waals surface area contributed by atoms with E-state index in [1.807, 2.05) is 30.3 Å². The van der Waals surface area contributed by atoms with Gasteiger partial charge in [0.1, 0.15) is 0 Å². The number of hydrogen-bond donors (Lipinski definition) is 1. The third-order valence-electron chi connectivity index (χ3n) is 2.34. The summed E-state index contributed by atoms with van der Waals surface area (Å²) >= 11 is 0. The molecule has 1 heteroatoms. The quantitative estimate of drug-likeness (QED) is 0.802. The Labute approximate surface area is 90.0 Å². The molecular weight excluding hydrogens is 184 g/mol. The summed E-state index contributed by atoms with van der Waals surface area (Å²) in [6.07, 6.45) is 1.79. The van der Waals surface area contributed by atoms with Gasteiger partial charge in [0, 0.05) is 6.42 Å². The summed E-state index contributed by atoms with van der Waals surface area (Å²) in [5.41, 5.74) is 3.47. The zero-order chi connectivity index (χ0) is 10.5. The van der Waals surface area contributed by atoms with E-state index in [0.717, 1.165) is 5.56 Å². The van der Waals surface area contributed by atoms with Crippen molar-refractivity contribution in [2.75, 3.05) is 6.61 Å². The molecular formula is C14H13O. The minimum Gasteiger partial charge on any atom is -0.396 e. The SMILES string of the molecule is OC[CH]c1ccc(-c2ccccc2)cc1. The fourth-order valence-corrected chi connectivity index (χ4v) is 1.55. The van der Waals surface area contributed by atoms with Gasteiger partial charge in [0.05, 0.1) is 6.61 Å². The number of aliphatic hydroxyl groups is 1. The Hall–Kier alpha value is -1.60. The lowest BCUT2D eigenvalue weighted by Crippen LogP contribution is -1.86. The molecule has 0 heterocycles. The molecule has 0 bridgehead atoms. The Morgan fingerprint density at radius 3 is 2.00 bits per heavy atom. The van der Waals surface area contributed by atoms with Crippen LogP contribution in [0.25, 0.3) is 11.1 Å². The highest BCUT2D eigenvalue weighted by Crippen LogP contribution is 2.19. The van der Waals surface area contributed by atoms with Gasteiger partial charge in [0.25, 0.3) is 0 Å². The second-order valence-corrected chi connectivity index (χ2v) is 3.37. The highest BCUT2D eigenvalue weighted by Gasteiger charge is 1.96. The van der Waals surface area contributed by atoms with Crippen LogP contribution in [-0.4, -0.2) is 11.7 Å². The molecule has 0 spiro atoms. The van der Waals surface area contributed by atoms with Crippen LogP contribution >= 0.6 is 0 Å². The summed E-state index contributed by atoms with van der Waals surface area (Å²) in [6, 6.07) is 18.4. The van der Waals surface area contributed by atoms with Gasteiger partial charge in [-0.2, -0.15) is 0 Å². The van der Waals surface area contributed by atoms with E-state index >= 15 is 0 Å². The molecule has 2 rings (SSSR count). The van der Waals surface area contributed by atoms with Crippen molar-refractivity contribution in [1.82, 2.24) is 0 Å². The van der Waals surface area contributed by atoms with E-state index < -0.39 is 0 Å². The average Bonchev–Trinajstić information content (AvgIpc) is 2.32. The third-order valence-corrected chi connectivity index (χ3v) is 2.34. The molecule has 0 aromatic heterocycles. The highest BCUT2D eigenvalue weighted by molar-refractivity contribution is 5.63. The van der Waals surface area contributed by atoms with Gasteiger partial charge in [-0.05, 0) is 16.7 Å². The Kier molecular flexibility index (Phi) is 3.15. The zero-order valence-corrected chi connectivity index (χ0v) is 8.43. The van der Waals surface area contributed by atoms with Crippen LogP contribution in [0.15, 0.2) is 54.6 Å². The average molecular weight is 197 g/mol. The van der Waals surface area contributed by atoms with Crippen LogP contribution in [0.4, 0.5) is 0 Å². The van der Waals surface area contributed by atoms with Crippen molar-refractivity contribution in [3.05, 3.63) is 66.6 Å². The first-order valence-electron chi connectivity index (χ1n) is 5.00. The van der Waals surface area contributed by atoms with E-state index in [-0.39, 0.29) is 6.61 Å². The van der Waals surface area contributed by atoms with E-state index in [1.165, 1.54) is 11.1 Å². The standard InChI is InChI=1S/C14H13O/c15-11-10-12-6-8-14(9-7-12)13-4-2-1-3-5-13/h1-10,15H,11H2. The maximum atomic E-state index is 8.75. The summed E-state index contributed by atoms with van der Waals surface area (Å²) in [5.74, 6) is 0. The lowest BCUT2D eigenvalue weighted by atomic mass is 10.0. The molecule has 0 saturated heterocycles. The summed E-state index contributed by atoms with van der Waals surface area (Å²) < 4.78 is 0. The van der Waals surface area contributed by atoms with Crippen molar-refractivity contribution in [3.8, 4) is 11.1 Å². The second-order valence-electron chi connectivity index (χ2n) is 3.37. The molecule has 75 valence electrons. The first-order chi connectivity index (χ1) is 7.40. The molecule has 0 saturated carbocycles. The molecule has 0 atom stereocenters. The lowest BCUT2D eigenvalue weighted by molar-refractivity contribution is 0.331. The molecule has 1 N–H and O–H groups in total. The van der Waals surface area contributed by atoms with Gasteiger partial charge < -0.3 is 5.11 Å². The Balaban J connectivity index is 2.24. The minimum atomic E-state index is 0.0880. The van der Waals surface area contributed by atoms with Crippen molar-refractivity contribution in [1.29, 1.82) is 0 Å². The van der Waals surface area contributed by atoms with E-state index in [4.69, 9.17) is 5.11 Å². The third kappa shape index (κ3) is 2.45. The molecule has 0 aliphatic rings. The molecule has 0 aliphatic heterocycles. The van der Waals surface area contributed by atoms with Crippen LogP contribution in [0.3, 0.4) is 0 Å². The van der Waals surface area contributed by atoms with Gasteiger partial charge in [-0.25, -0.2) is 0 Å². The molecule has 2 aromatic carbocycles. The molecule has 1 nitrogen and oxygen atoms in total. The largest absolute Gasteiger partial charge is 0.396 e. The van der Waals surface area contributed by atoms with E-state index in [2.05, 4.69) is 24.3 Å². The maximum absolute atomic E-state index is 8.75. The zero-order valence-electron chi connectivity index (χ0n) is 8.43. The Morgan fingerprint density at radius 2 is 1.40 bits per heavy atom. The molecule has 0 amide bonds. The number of benzene rings is 2. The molecule has 15 heavy (non-hydrogen) atoms. The fraction of sp³-hybridized carbons (Fsp3) is 0.0714. The lowest BCUT2D eigenvalue weighted by Gasteiger charge is -2.02. The summed E-state index contributed by atoms with van der Waals surface area (Å²) in [5, 5.41) is 8.75. The maximum Gasteiger partial charge on any atom is 0.0506 e. The van der Waals surface area contributed by atoms with Crippen molar-refractivity contribution in [2.45, 2.75) is 0 Å². The van der Waals surface area contributed by atoms with Crippen LogP contribution in [0, 0.1) is 6.42 Å². The van der Waals surface area contributed by atoms with Crippen LogP contribution in [0.2, 0.25) is 0 Å². The van der Waals surface area contributed by atoms with Gasteiger partial charge >= 0.3 is 0 Å². The van der Waals surface area contributed by atoms with Crippen molar-refractivity contribution >= 4 is 0 Å². The smallest absolute Gasteiger partial charge is 0.0506 e. The van der Waals surface area contributed by atoms with Crippen LogP contribution in [-0.2, 0) is 0 Å². The monoisotopic (exact) mass is 197 g/mol. The molecule has 0 aliphatic carbocycles. The highest BCUT2D eigenvalue weighted by atomic mass is 16.2. The van der Waals surface area contributed by atoms with E-state index in [1.54, 1.807) is 6.42 Å². The molecule has 0 unspecified atom stereocenters. The van der Waals surface area contributed by atoms with Crippen LogP contribution in [0.5, 0.6) is 0 Å². The first kappa shape index (κ1) is 9.94. The van der Waals surface area contributed by atoms with Gasteiger partial charge in [-0.3, -0.25) is 0 Å². The summed E-state index contributed by atoms with van der Waals surface area (Å²) in [7, 11) is 0. The Morgan fingerprint density at radius 1 is 0.800 bits per heavy atom. The molecule has 1 radical (unpaired) electrons. The van der Waals surface area contributed by atoms with Crippen molar-refractivity contribution < 1.29 is 5.11 Å². The van der Waals surface area contributed by atoms with E-state index in [0.29, 0.717) is 0 Å². The van der Waals surface area contributed by atoms with E-state index in [9.17, 15) is 0 Å². The predicted molar refractivity (Wildman–Crippen MR) is 62.4 cm³/mol. The van der Waals surface area contributed by atoms with Crippen LogP contribution in [0.1, 0.15) is 5.56 Å². The van der Waals surface area contributed by atoms with Gasteiger partial charge in [0.2, 0.25) is 0 Å². The van der Waals surface area contributed by atoms with Gasteiger partial charge in [-0.15, -0.1) is 0 Å². The molecule has 0 fully saturated rings. The van der Waals surface area contributed by atoms with Crippen molar-refractivity contribution in [2.24, 2.45) is 0 Å². The van der Waals surface area contributed by atoms with Gasteiger partial charge in [-0.1, -0.05) is 54.6 Å². The summed E-state index contributed by atoms with van der Waals surface area (Å²) in [6.45, 7) is 0.0880. The molecule has 2 aromatic rings. The second kappa shape index (κ2) is 4.76. The van der Waals surface area contributed by atoms with Crippen molar-refractivity contribution in [3.63, 3.8) is 0 Å². The normalized spacial score (nSPS) is 10.2. The number of aliphatic hydroxyl groups excluding tert-OH is 1.